The van der Waals surface area contributed by atoms with E-state index in [-0.39, 0.29) is 28.9 Å². The van der Waals surface area contributed by atoms with Crippen molar-refractivity contribution in [2.24, 2.45) is 0 Å². The number of esters is 1. The molecule has 1 unspecified atom stereocenters. The zero-order chi connectivity index (χ0) is 28.2. The number of anilines is 1. The molecule has 40 heavy (non-hydrogen) atoms. The standard InChI is InChI=1S/C32H30ClNO6/c1-3-5-6-7-18-39-24-15-10-20(11-16-24)28-27-29(35)25-19-22(33)12-17-26(25)40-30(27)31(36)34(28)23-13-8-21(9-14-23)32(37)38-4-2/h8-17,19,28H,3-7,18H2,1-2H3. The third-order valence-corrected chi connectivity index (χ3v) is 7.19. The fourth-order valence-corrected chi connectivity index (χ4v) is 5.14. The van der Waals surface area contributed by atoms with E-state index < -0.39 is 17.9 Å². The number of amides is 1. The van der Waals surface area contributed by atoms with Crippen LogP contribution in [-0.4, -0.2) is 25.1 Å². The van der Waals surface area contributed by atoms with E-state index in [0.29, 0.717) is 39.6 Å². The molecule has 0 N–H and O–H groups in total. The van der Waals surface area contributed by atoms with Gasteiger partial charge >= 0.3 is 5.97 Å². The summed E-state index contributed by atoms with van der Waals surface area (Å²) in [5, 5.41) is 0.697. The second-order valence-corrected chi connectivity index (χ2v) is 10.1. The van der Waals surface area contributed by atoms with Gasteiger partial charge in [0.05, 0.1) is 35.8 Å². The van der Waals surface area contributed by atoms with E-state index in [1.807, 2.05) is 24.3 Å². The Hall–Kier alpha value is -4.10. The minimum atomic E-state index is -0.755. The van der Waals surface area contributed by atoms with Gasteiger partial charge in [0.15, 0.2) is 5.43 Å². The molecule has 3 aromatic carbocycles. The number of rotatable bonds is 10. The Kier molecular flexibility index (Phi) is 8.21. The molecule has 5 rings (SSSR count). The SMILES string of the molecule is CCCCCCOc1ccc(C2c3c(oc4ccc(Cl)cc4c3=O)C(=O)N2c2ccc(C(=O)OCC)cc2)cc1. The third-order valence-electron chi connectivity index (χ3n) is 6.95. The molecule has 0 bridgehead atoms. The highest BCUT2D eigenvalue weighted by atomic mass is 35.5. The Morgan fingerprint density at radius 2 is 1.70 bits per heavy atom. The third kappa shape index (κ3) is 5.34. The van der Waals surface area contributed by atoms with Gasteiger partial charge in [-0.05, 0) is 73.5 Å². The van der Waals surface area contributed by atoms with E-state index in [4.69, 9.17) is 25.5 Å². The molecule has 1 atom stereocenters. The van der Waals surface area contributed by atoms with E-state index in [9.17, 15) is 14.4 Å². The second kappa shape index (κ2) is 12.0. The molecule has 0 saturated heterocycles. The van der Waals surface area contributed by atoms with Gasteiger partial charge in [-0.2, -0.15) is 0 Å². The first-order valence-corrected chi connectivity index (χ1v) is 13.9. The van der Waals surface area contributed by atoms with Crippen LogP contribution >= 0.6 is 11.6 Å². The van der Waals surface area contributed by atoms with Gasteiger partial charge in [-0.1, -0.05) is 49.9 Å². The van der Waals surface area contributed by atoms with Crippen molar-refractivity contribution in [2.45, 2.75) is 45.6 Å². The minimum Gasteiger partial charge on any atom is -0.494 e. The number of carbonyl (C=O) groups is 2. The molecule has 0 fully saturated rings. The summed E-state index contributed by atoms with van der Waals surface area (Å²) < 4.78 is 17.0. The first kappa shape index (κ1) is 27.5. The van der Waals surface area contributed by atoms with Crippen molar-refractivity contribution in [3.63, 3.8) is 0 Å². The van der Waals surface area contributed by atoms with Gasteiger partial charge in [0.1, 0.15) is 11.3 Å². The summed E-state index contributed by atoms with van der Waals surface area (Å²) in [7, 11) is 0. The fraction of sp³-hybridized carbons (Fsp3) is 0.281. The van der Waals surface area contributed by atoms with Gasteiger partial charge < -0.3 is 13.9 Å². The number of nitrogens with zero attached hydrogens (tertiary/aromatic N) is 1. The Balaban J connectivity index is 1.55. The first-order chi connectivity index (χ1) is 19.4. The quantitative estimate of drug-likeness (QED) is 0.149. The van der Waals surface area contributed by atoms with Gasteiger partial charge in [0.25, 0.3) is 5.91 Å². The highest BCUT2D eigenvalue weighted by molar-refractivity contribution is 6.31. The average molecular weight is 560 g/mol. The summed E-state index contributed by atoms with van der Waals surface area (Å²) in [6, 6.07) is 17.9. The Bertz CT molecular complexity index is 1590. The lowest BCUT2D eigenvalue weighted by atomic mass is 9.98. The van der Waals surface area contributed by atoms with Crippen molar-refractivity contribution in [1.82, 2.24) is 0 Å². The zero-order valence-electron chi connectivity index (χ0n) is 22.4. The Labute approximate surface area is 237 Å². The molecular formula is C32H30ClNO6. The summed E-state index contributed by atoms with van der Waals surface area (Å²) in [6.45, 7) is 4.79. The number of unbranched alkanes of at least 4 members (excludes halogenated alkanes) is 3. The van der Waals surface area contributed by atoms with Gasteiger partial charge in [-0.15, -0.1) is 0 Å². The molecule has 0 aliphatic carbocycles. The van der Waals surface area contributed by atoms with E-state index in [1.54, 1.807) is 49.4 Å². The molecule has 1 aliphatic heterocycles. The van der Waals surface area contributed by atoms with E-state index in [2.05, 4.69) is 6.92 Å². The lowest BCUT2D eigenvalue weighted by Gasteiger charge is -2.25. The van der Waals surface area contributed by atoms with Gasteiger partial charge in [-0.25, -0.2) is 4.79 Å². The predicted molar refractivity (Wildman–Crippen MR) is 155 cm³/mol. The van der Waals surface area contributed by atoms with Crippen molar-refractivity contribution < 1.29 is 23.5 Å². The first-order valence-electron chi connectivity index (χ1n) is 13.5. The van der Waals surface area contributed by atoms with Crippen LogP contribution in [0.3, 0.4) is 0 Å². The normalized spacial score (nSPS) is 14.4. The smallest absolute Gasteiger partial charge is 0.338 e. The minimum absolute atomic E-state index is 0.0180. The molecule has 206 valence electrons. The van der Waals surface area contributed by atoms with Crippen molar-refractivity contribution in [1.29, 1.82) is 0 Å². The summed E-state index contributed by atoms with van der Waals surface area (Å²) >= 11 is 6.19. The molecule has 4 aromatic rings. The number of fused-ring (bicyclic) bond motifs is 2. The molecule has 7 nitrogen and oxygen atoms in total. The molecule has 8 heteroatoms. The molecule has 1 amide bonds. The number of hydrogen-bond acceptors (Lipinski definition) is 6. The number of carbonyl (C=O) groups excluding carboxylic acids is 2. The topological polar surface area (TPSA) is 86.0 Å². The Morgan fingerprint density at radius 3 is 2.40 bits per heavy atom. The monoisotopic (exact) mass is 559 g/mol. The van der Waals surface area contributed by atoms with Crippen LogP contribution in [0.15, 0.2) is 75.9 Å². The van der Waals surface area contributed by atoms with Gasteiger partial charge in [-0.3, -0.25) is 14.5 Å². The fourth-order valence-electron chi connectivity index (χ4n) is 4.96. The molecule has 0 spiro atoms. The average Bonchev–Trinajstić information content (AvgIpc) is 3.26. The maximum absolute atomic E-state index is 13.8. The lowest BCUT2D eigenvalue weighted by molar-refractivity contribution is 0.0526. The Morgan fingerprint density at radius 1 is 0.950 bits per heavy atom. The van der Waals surface area contributed by atoms with Crippen LogP contribution in [0.4, 0.5) is 5.69 Å². The van der Waals surface area contributed by atoms with Crippen molar-refractivity contribution in [3.8, 4) is 5.75 Å². The second-order valence-electron chi connectivity index (χ2n) is 9.64. The number of benzene rings is 3. The maximum atomic E-state index is 13.8. The van der Waals surface area contributed by atoms with Gasteiger partial charge in [0, 0.05) is 10.7 Å². The van der Waals surface area contributed by atoms with Crippen LogP contribution < -0.4 is 15.1 Å². The number of halogens is 1. The lowest BCUT2D eigenvalue weighted by Crippen LogP contribution is -2.29. The van der Waals surface area contributed by atoms with E-state index >= 15 is 0 Å². The summed E-state index contributed by atoms with van der Waals surface area (Å²) in [4.78, 5) is 41.3. The van der Waals surface area contributed by atoms with Crippen molar-refractivity contribution >= 4 is 40.1 Å². The summed E-state index contributed by atoms with van der Waals surface area (Å²) in [5.74, 6) is -0.205. The van der Waals surface area contributed by atoms with Crippen LogP contribution in [0.2, 0.25) is 5.02 Å². The number of hydrogen-bond donors (Lipinski definition) is 0. The number of ether oxygens (including phenoxy) is 2. The van der Waals surface area contributed by atoms with Crippen molar-refractivity contribution in [2.75, 3.05) is 18.1 Å². The van der Waals surface area contributed by atoms with Crippen LogP contribution in [0, 0.1) is 0 Å². The molecular weight excluding hydrogens is 530 g/mol. The molecule has 1 aromatic heterocycles. The molecule has 1 aliphatic rings. The van der Waals surface area contributed by atoms with Crippen LogP contribution in [0.1, 0.15) is 77.6 Å². The van der Waals surface area contributed by atoms with E-state index in [1.165, 1.54) is 11.3 Å². The largest absolute Gasteiger partial charge is 0.494 e. The van der Waals surface area contributed by atoms with Crippen LogP contribution in [0.5, 0.6) is 5.75 Å². The van der Waals surface area contributed by atoms with Crippen molar-refractivity contribution in [3.05, 3.63) is 104 Å². The van der Waals surface area contributed by atoms with Crippen LogP contribution in [0.25, 0.3) is 11.0 Å². The molecule has 2 heterocycles. The maximum Gasteiger partial charge on any atom is 0.338 e. The summed E-state index contributed by atoms with van der Waals surface area (Å²) in [5.41, 5.74) is 1.79. The van der Waals surface area contributed by atoms with Crippen LogP contribution in [-0.2, 0) is 4.74 Å². The summed E-state index contributed by atoms with van der Waals surface area (Å²) in [6.07, 6.45) is 4.43. The molecule has 0 radical (unpaired) electrons. The zero-order valence-corrected chi connectivity index (χ0v) is 23.2. The highest BCUT2D eigenvalue weighted by Gasteiger charge is 2.43. The molecule has 0 saturated carbocycles. The predicted octanol–water partition coefficient (Wildman–Crippen LogP) is 7.33. The highest BCUT2D eigenvalue weighted by Crippen LogP contribution is 2.41. The van der Waals surface area contributed by atoms with Gasteiger partial charge in [0.2, 0.25) is 5.76 Å². The van der Waals surface area contributed by atoms with E-state index in [0.717, 1.165) is 19.3 Å².